The lowest BCUT2D eigenvalue weighted by atomic mass is 10.1. The second-order valence-electron chi connectivity index (χ2n) is 5.11. The minimum Gasteiger partial charge on any atom is -0.461 e. The smallest absolute Gasteiger partial charge is 0.360 e. The molecule has 118 valence electrons. The van der Waals surface area contributed by atoms with Crippen LogP contribution >= 0.6 is 0 Å². The Morgan fingerprint density at radius 1 is 1.29 bits per heavy atom. The highest BCUT2D eigenvalue weighted by Gasteiger charge is 2.27. The lowest BCUT2D eigenvalue weighted by Crippen LogP contribution is -2.33. The van der Waals surface area contributed by atoms with E-state index in [1.807, 2.05) is 20.8 Å². The third-order valence-electron chi connectivity index (χ3n) is 3.04. The molecule has 21 heavy (non-hydrogen) atoms. The zero-order valence-electron chi connectivity index (χ0n) is 13.3. The van der Waals surface area contributed by atoms with E-state index in [0.717, 1.165) is 6.42 Å². The van der Waals surface area contributed by atoms with E-state index in [4.69, 9.17) is 4.74 Å². The van der Waals surface area contributed by atoms with Crippen molar-refractivity contribution in [2.24, 2.45) is 0 Å². The van der Waals surface area contributed by atoms with Gasteiger partial charge in [0.2, 0.25) is 5.91 Å². The first-order valence-electron chi connectivity index (χ1n) is 7.33. The molecule has 1 aromatic heterocycles. The van der Waals surface area contributed by atoms with Crippen LogP contribution in [0.4, 0.5) is 0 Å². The Hall–Kier alpha value is -1.92. The van der Waals surface area contributed by atoms with Crippen molar-refractivity contribution in [2.45, 2.75) is 53.0 Å². The topological polar surface area (TPSA) is 86.1 Å². The molecule has 0 bridgehead atoms. The number of esters is 1. The van der Waals surface area contributed by atoms with E-state index in [0.29, 0.717) is 12.2 Å². The van der Waals surface area contributed by atoms with Gasteiger partial charge in [-0.05, 0) is 26.2 Å². The standard InChI is InChI=1S/C14H24N4O3/c1-6-8-15-13(19)10(5)18-12(9(3)4)11(16-17-18)14(20)21-7-2/h9-10H,6-8H2,1-5H3,(H,15,19). The van der Waals surface area contributed by atoms with Crippen LogP contribution in [0.5, 0.6) is 0 Å². The van der Waals surface area contributed by atoms with Crippen molar-refractivity contribution < 1.29 is 14.3 Å². The van der Waals surface area contributed by atoms with Crippen LogP contribution in [0.25, 0.3) is 0 Å². The summed E-state index contributed by atoms with van der Waals surface area (Å²) in [5, 5.41) is 10.7. The van der Waals surface area contributed by atoms with Crippen LogP contribution in [0.15, 0.2) is 0 Å². The largest absolute Gasteiger partial charge is 0.461 e. The number of aromatic nitrogens is 3. The van der Waals surface area contributed by atoms with Crippen molar-refractivity contribution in [2.75, 3.05) is 13.2 Å². The molecule has 7 nitrogen and oxygen atoms in total. The first kappa shape index (κ1) is 17.1. The summed E-state index contributed by atoms with van der Waals surface area (Å²) >= 11 is 0. The molecule has 0 aliphatic rings. The van der Waals surface area contributed by atoms with Crippen LogP contribution in [-0.2, 0) is 9.53 Å². The minimum absolute atomic E-state index is 0.000770. The van der Waals surface area contributed by atoms with E-state index in [2.05, 4.69) is 15.6 Å². The number of nitrogens with zero attached hydrogens (tertiary/aromatic N) is 3. The van der Waals surface area contributed by atoms with E-state index >= 15 is 0 Å². The van der Waals surface area contributed by atoms with Gasteiger partial charge in [0.15, 0.2) is 5.69 Å². The molecule has 7 heteroatoms. The third-order valence-corrected chi connectivity index (χ3v) is 3.04. The van der Waals surface area contributed by atoms with Crippen LogP contribution in [0.2, 0.25) is 0 Å². The van der Waals surface area contributed by atoms with Crippen molar-refractivity contribution in [3.8, 4) is 0 Å². The van der Waals surface area contributed by atoms with Crippen LogP contribution < -0.4 is 5.32 Å². The Kier molecular flexibility index (Phi) is 6.33. The van der Waals surface area contributed by atoms with Crippen molar-refractivity contribution in [3.63, 3.8) is 0 Å². The van der Waals surface area contributed by atoms with Gasteiger partial charge < -0.3 is 10.1 Å². The van der Waals surface area contributed by atoms with Gasteiger partial charge in [-0.15, -0.1) is 5.10 Å². The summed E-state index contributed by atoms with van der Waals surface area (Å²) in [7, 11) is 0. The Labute approximate surface area is 125 Å². The molecule has 0 aromatic carbocycles. The van der Waals surface area contributed by atoms with E-state index < -0.39 is 12.0 Å². The van der Waals surface area contributed by atoms with Gasteiger partial charge in [-0.2, -0.15) is 0 Å². The molecular weight excluding hydrogens is 272 g/mol. The number of carbonyl (C=O) groups excluding carboxylic acids is 2. The monoisotopic (exact) mass is 296 g/mol. The summed E-state index contributed by atoms with van der Waals surface area (Å²) in [4.78, 5) is 24.0. The molecule has 1 rings (SSSR count). The number of amides is 1. The van der Waals surface area contributed by atoms with Gasteiger partial charge in [-0.3, -0.25) is 4.79 Å². The van der Waals surface area contributed by atoms with E-state index in [1.54, 1.807) is 13.8 Å². The molecule has 1 atom stereocenters. The lowest BCUT2D eigenvalue weighted by molar-refractivity contribution is -0.124. The molecule has 0 fully saturated rings. The Bertz CT molecular complexity index is 496. The summed E-state index contributed by atoms with van der Waals surface area (Å²) in [6, 6.07) is -0.523. The zero-order chi connectivity index (χ0) is 16.0. The van der Waals surface area contributed by atoms with Crippen molar-refractivity contribution in [1.82, 2.24) is 20.3 Å². The summed E-state index contributed by atoms with van der Waals surface area (Å²) in [5.74, 6) is -0.645. The normalized spacial score (nSPS) is 12.3. The predicted molar refractivity (Wildman–Crippen MR) is 78.1 cm³/mol. The summed E-state index contributed by atoms with van der Waals surface area (Å²) < 4.78 is 6.48. The first-order chi connectivity index (χ1) is 9.93. The van der Waals surface area contributed by atoms with Crippen molar-refractivity contribution in [3.05, 3.63) is 11.4 Å². The molecule has 0 radical (unpaired) electrons. The van der Waals surface area contributed by atoms with Gasteiger partial charge in [0, 0.05) is 6.54 Å². The SMILES string of the molecule is CCCNC(=O)C(C)n1nnc(C(=O)OCC)c1C(C)C. The molecule has 1 aromatic rings. The summed E-state index contributed by atoms with van der Waals surface area (Å²) in [6.45, 7) is 10.2. The van der Waals surface area contributed by atoms with E-state index in [1.165, 1.54) is 4.68 Å². The highest BCUT2D eigenvalue weighted by Crippen LogP contribution is 2.22. The summed E-state index contributed by atoms with van der Waals surface area (Å²) in [5.41, 5.74) is 0.801. The Morgan fingerprint density at radius 3 is 2.48 bits per heavy atom. The average molecular weight is 296 g/mol. The molecule has 1 heterocycles. The molecule has 0 spiro atoms. The molecule has 1 N–H and O–H groups in total. The number of ether oxygens (including phenoxy) is 1. The van der Waals surface area contributed by atoms with Gasteiger partial charge in [-0.25, -0.2) is 9.48 Å². The van der Waals surface area contributed by atoms with Gasteiger partial charge in [-0.1, -0.05) is 26.0 Å². The lowest BCUT2D eigenvalue weighted by Gasteiger charge is -2.16. The number of rotatable bonds is 7. The molecular formula is C14H24N4O3. The van der Waals surface area contributed by atoms with Crippen molar-refractivity contribution in [1.29, 1.82) is 0 Å². The van der Waals surface area contributed by atoms with Gasteiger partial charge in [0.1, 0.15) is 6.04 Å². The molecule has 1 unspecified atom stereocenters. The maximum atomic E-state index is 12.1. The second-order valence-corrected chi connectivity index (χ2v) is 5.11. The van der Waals surface area contributed by atoms with Crippen LogP contribution in [0.3, 0.4) is 0 Å². The minimum atomic E-state index is -0.523. The van der Waals surface area contributed by atoms with Gasteiger partial charge in [0.25, 0.3) is 0 Å². The Morgan fingerprint density at radius 2 is 1.95 bits per heavy atom. The van der Waals surface area contributed by atoms with Gasteiger partial charge >= 0.3 is 5.97 Å². The molecule has 0 saturated heterocycles. The number of hydrogen-bond acceptors (Lipinski definition) is 5. The maximum absolute atomic E-state index is 12.1. The average Bonchev–Trinajstić information content (AvgIpc) is 2.89. The number of hydrogen-bond donors (Lipinski definition) is 1. The molecule has 0 saturated carbocycles. The quantitative estimate of drug-likeness (QED) is 0.773. The Balaban J connectivity index is 3.07. The molecule has 0 aliphatic carbocycles. The highest BCUT2D eigenvalue weighted by molar-refractivity contribution is 5.89. The summed E-state index contributed by atoms with van der Waals surface area (Å²) in [6.07, 6.45) is 0.862. The van der Waals surface area contributed by atoms with Crippen LogP contribution in [-0.4, -0.2) is 40.0 Å². The third kappa shape index (κ3) is 4.03. The van der Waals surface area contributed by atoms with Crippen LogP contribution in [0.1, 0.15) is 69.2 Å². The van der Waals surface area contributed by atoms with Crippen molar-refractivity contribution >= 4 is 11.9 Å². The van der Waals surface area contributed by atoms with E-state index in [9.17, 15) is 9.59 Å². The van der Waals surface area contributed by atoms with Gasteiger partial charge in [0.05, 0.1) is 12.3 Å². The zero-order valence-corrected chi connectivity index (χ0v) is 13.3. The number of nitrogens with one attached hydrogen (secondary N) is 1. The first-order valence-corrected chi connectivity index (χ1v) is 7.33. The fourth-order valence-electron chi connectivity index (χ4n) is 1.98. The molecule has 0 aliphatic heterocycles. The number of carbonyl (C=O) groups is 2. The van der Waals surface area contributed by atoms with E-state index in [-0.39, 0.29) is 24.1 Å². The second kappa shape index (κ2) is 7.75. The fourth-order valence-corrected chi connectivity index (χ4v) is 1.98. The highest BCUT2D eigenvalue weighted by atomic mass is 16.5. The molecule has 1 amide bonds. The predicted octanol–water partition coefficient (Wildman–Crippen LogP) is 1.67. The van der Waals surface area contributed by atoms with Crippen LogP contribution in [0, 0.1) is 0 Å². The fraction of sp³-hybridized carbons (Fsp3) is 0.714. The maximum Gasteiger partial charge on any atom is 0.360 e.